The number of nitrogens with zero attached hydrogens (tertiary/aromatic N) is 1. The predicted octanol–water partition coefficient (Wildman–Crippen LogP) is 2.13. The number of hydrogen-bond acceptors (Lipinski definition) is 3. The molecule has 0 radical (unpaired) electrons. The van der Waals surface area contributed by atoms with Gasteiger partial charge >= 0.3 is 0 Å². The third-order valence-corrected chi connectivity index (χ3v) is 2.77. The van der Waals surface area contributed by atoms with Crippen LogP contribution in [0.3, 0.4) is 0 Å². The van der Waals surface area contributed by atoms with Crippen molar-refractivity contribution in [3.05, 3.63) is 54.2 Å². The molecular formula is C12H10NO2S-. The highest BCUT2D eigenvalue weighted by atomic mass is 32.2. The Bertz CT molecular complexity index is 482. The fourth-order valence-corrected chi connectivity index (χ4v) is 1.91. The lowest BCUT2D eigenvalue weighted by Crippen LogP contribution is -1.93. The Balaban J connectivity index is 2.23. The van der Waals surface area contributed by atoms with E-state index in [0.717, 1.165) is 16.8 Å². The van der Waals surface area contributed by atoms with Crippen molar-refractivity contribution in [2.24, 2.45) is 0 Å². The molecule has 1 atom stereocenters. The Labute approximate surface area is 96.5 Å². The highest BCUT2D eigenvalue weighted by Crippen LogP contribution is 2.17. The van der Waals surface area contributed by atoms with Crippen LogP contribution in [0.25, 0.3) is 11.3 Å². The Kier molecular flexibility index (Phi) is 3.44. The van der Waals surface area contributed by atoms with Crippen LogP contribution in [0.15, 0.2) is 48.7 Å². The molecule has 1 unspecified atom stereocenters. The molecule has 2 rings (SSSR count). The molecule has 0 spiro atoms. The Hall–Kier alpha value is -1.52. The molecule has 0 aliphatic rings. The minimum Gasteiger partial charge on any atom is -0.772 e. The predicted molar refractivity (Wildman–Crippen MR) is 62.3 cm³/mol. The van der Waals surface area contributed by atoms with Crippen LogP contribution >= 0.6 is 0 Å². The van der Waals surface area contributed by atoms with Gasteiger partial charge in [-0.05, 0) is 17.7 Å². The average molecular weight is 232 g/mol. The molecule has 2 aromatic rings. The summed E-state index contributed by atoms with van der Waals surface area (Å²) in [4.78, 5) is 4.22. The second-order valence-corrected chi connectivity index (χ2v) is 4.26. The highest BCUT2D eigenvalue weighted by molar-refractivity contribution is 7.78. The smallest absolute Gasteiger partial charge is 0.0701 e. The summed E-state index contributed by atoms with van der Waals surface area (Å²) in [5.41, 5.74) is 2.66. The van der Waals surface area contributed by atoms with Gasteiger partial charge in [0.15, 0.2) is 0 Å². The van der Waals surface area contributed by atoms with E-state index in [0.29, 0.717) is 0 Å². The third kappa shape index (κ3) is 2.74. The summed E-state index contributed by atoms with van der Waals surface area (Å²) in [7, 11) is 0. The molecule has 4 heteroatoms. The molecule has 0 aliphatic heterocycles. The molecule has 16 heavy (non-hydrogen) atoms. The van der Waals surface area contributed by atoms with Crippen molar-refractivity contribution >= 4 is 11.1 Å². The summed E-state index contributed by atoms with van der Waals surface area (Å²) in [6, 6.07) is 13.1. The van der Waals surface area contributed by atoms with Crippen LogP contribution in [-0.4, -0.2) is 13.7 Å². The third-order valence-electron chi connectivity index (χ3n) is 2.20. The maximum atomic E-state index is 10.5. The van der Waals surface area contributed by atoms with E-state index >= 15 is 0 Å². The zero-order chi connectivity index (χ0) is 11.4. The Morgan fingerprint density at radius 1 is 1.12 bits per heavy atom. The van der Waals surface area contributed by atoms with E-state index in [1.165, 1.54) is 0 Å². The fraction of sp³-hybridized carbons (Fsp3) is 0.0833. The van der Waals surface area contributed by atoms with Gasteiger partial charge in [0.1, 0.15) is 0 Å². The van der Waals surface area contributed by atoms with E-state index in [4.69, 9.17) is 0 Å². The molecule has 82 valence electrons. The van der Waals surface area contributed by atoms with Gasteiger partial charge in [-0.25, -0.2) is 0 Å². The van der Waals surface area contributed by atoms with Gasteiger partial charge in [0.2, 0.25) is 0 Å². The van der Waals surface area contributed by atoms with Gasteiger partial charge in [0.25, 0.3) is 0 Å². The van der Waals surface area contributed by atoms with Crippen molar-refractivity contribution in [2.45, 2.75) is 5.75 Å². The summed E-state index contributed by atoms with van der Waals surface area (Å²) < 4.78 is 21.0. The topological polar surface area (TPSA) is 53.0 Å². The molecule has 3 nitrogen and oxygen atoms in total. The van der Waals surface area contributed by atoms with Crippen LogP contribution in [0.1, 0.15) is 5.56 Å². The first-order chi connectivity index (χ1) is 7.75. The van der Waals surface area contributed by atoms with Crippen LogP contribution in [0.4, 0.5) is 0 Å². The van der Waals surface area contributed by atoms with Crippen LogP contribution in [0.2, 0.25) is 0 Å². The molecule has 0 N–H and O–H groups in total. The van der Waals surface area contributed by atoms with Crippen LogP contribution in [0.5, 0.6) is 0 Å². The molecule has 0 amide bonds. The first-order valence-electron chi connectivity index (χ1n) is 4.82. The van der Waals surface area contributed by atoms with Gasteiger partial charge < -0.3 is 4.55 Å². The summed E-state index contributed by atoms with van der Waals surface area (Å²) in [5.74, 6) is 0.0580. The van der Waals surface area contributed by atoms with Crippen LogP contribution in [0, 0.1) is 0 Å². The summed E-state index contributed by atoms with van der Waals surface area (Å²) in [6.45, 7) is 0. The molecule has 0 saturated carbocycles. The SMILES string of the molecule is O=S([O-])Cc1ccc(-c2ccccn2)cc1. The van der Waals surface area contributed by atoms with Crippen LogP contribution < -0.4 is 0 Å². The largest absolute Gasteiger partial charge is 0.772 e. The first kappa shape index (κ1) is 11.0. The minimum atomic E-state index is -2.03. The van der Waals surface area contributed by atoms with Crippen LogP contribution in [-0.2, 0) is 16.8 Å². The van der Waals surface area contributed by atoms with E-state index in [9.17, 15) is 8.76 Å². The van der Waals surface area contributed by atoms with Crippen molar-refractivity contribution < 1.29 is 8.76 Å². The fourth-order valence-electron chi connectivity index (χ4n) is 1.44. The summed E-state index contributed by atoms with van der Waals surface area (Å²) in [5, 5.41) is 0. The minimum absolute atomic E-state index is 0.0580. The molecule has 0 bridgehead atoms. The lowest BCUT2D eigenvalue weighted by Gasteiger charge is -2.06. The Morgan fingerprint density at radius 2 is 1.88 bits per heavy atom. The monoisotopic (exact) mass is 232 g/mol. The van der Waals surface area contributed by atoms with Gasteiger partial charge in [0, 0.05) is 17.5 Å². The van der Waals surface area contributed by atoms with Gasteiger partial charge in [-0.15, -0.1) is 0 Å². The van der Waals surface area contributed by atoms with Crippen molar-refractivity contribution in [3.8, 4) is 11.3 Å². The van der Waals surface area contributed by atoms with Crippen molar-refractivity contribution in [2.75, 3.05) is 0 Å². The van der Waals surface area contributed by atoms with E-state index in [1.54, 1.807) is 18.3 Å². The summed E-state index contributed by atoms with van der Waals surface area (Å²) in [6.07, 6.45) is 1.73. The molecule has 0 saturated heterocycles. The normalized spacial score (nSPS) is 12.3. The zero-order valence-electron chi connectivity index (χ0n) is 8.50. The van der Waals surface area contributed by atoms with E-state index in [2.05, 4.69) is 4.98 Å². The number of aromatic nitrogens is 1. The van der Waals surface area contributed by atoms with E-state index in [-0.39, 0.29) is 5.75 Å². The maximum Gasteiger partial charge on any atom is 0.0701 e. The van der Waals surface area contributed by atoms with Gasteiger partial charge in [0.05, 0.1) is 5.69 Å². The molecule has 1 heterocycles. The lowest BCUT2D eigenvalue weighted by molar-refractivity contribution is 0.536. The standard InChI is InChI=1S/C12H11NO2S/c14-16(15)9-10-4-6-11(7-5-10)12-3-1-2-8-13-12/h1-8H,9H2,(H,14,15)/p-1. The first-order valence-corrected chi connectivity index (χ1v) is 6.06. The van der Waals surface area contributed by atoms with Crippen molar-refractivity contribution in [1.82, 2.24) is 4.98 Å². The zero-order valence-corrected chi connectivity index (χ0v) is 9.31. The molecule has 1 aromatic carbocycles. The van der Waals surface area contributed by atoms with Crippen molar-refractivity contribution in [1.29, 1.82) is 0 Å². The molecule has 0 aliphatic carbocycles. The molecule has 1 aromatic heterocycles. The van der Waals surface area contributed by atoms with Gasteiger partial charge in [-0.1, -0.05) is 41.4 Å². The van der Waals surface area contributed by atoms with E-state index in [1.807, 2.05) is 30.3 Å². The summed E-state index contributed by atoms with van der Waals surface area (Å²) >= 11 is -2.03. The average Bonchev–Trinajstić information content (AvgIpc) is 2.30. The second-order valence-electron chi connectivity index (χ2n) is 3.36. The lowest BCUT2D eigenvalue weighted by atomic mass is 10.1. The number of hydrogen-bond donors (Lipinski definition) is 0. The van der Waals surface area contributed by atoms with Gasteiger partial charge in [-0.3, -0.25) is 9.19 Å². The Morgan fingerprint density at radius 3 is 2.44 bits per heavy atom. The number of rotatable bonds is 3. The quantitative estimate of drug-likeness (QED) is 0.762. The highest BCUT2D eigenvalue weighted by Gasteiger charge is 1.98. The van der Waals surface area contributed by atoms with Crippen molar-refractivity contribution in [3.63, 3.8) is 0 Å². The number of pyridine rings is 1. The molecular weight excluding hydrogens is 222 g/mol. The number of benzene rings is 1. The molecule has 0 fully saturated rings. The van der Waals surface area contributed by atoms with E-state index < -0.39 is 11.1 Å². The maximum absolute atomic E-state index is 10.5. The van der Waals surface area contributed by atoms with Gasteiger partial charge in [-0.2, -0.15) is 0 Å². The second kappa shape index (κ2) is 5.01.